The molecule has 0 unspecified atom stereocenters. The molecule has 0 aliphatic heterocycles. The zero-order valence-corrected chi connectivity index (χ0v) is 12.8. The second-order valence-electron chi connectivity index (χ2n) is 4.64. The van der Waals surface area contributed by atoms with Gasteiger partial charge in [-0.2, -0.15) is 0 Å². The first-order chi connectivity index (χ1) is 10.5. The Labute approximate surface area is 133 Å². The first-order valence-electron chi connectivity index (χ1n) is 6.70. The van der Waals surface area contributed by atoms with Crippen molar-refractivity contribution < 1.29 is 9.59 Å². The zero-order chi connectivity index (χ0) is 15.9. The molecule has 0 aliphatic rings. The van der Waals surface area contributed by atoms with Crippen LogP contribution < -0.4 is 16.0 Å². The van der Waals surface area contributed by atoms with Gasteiger partial charge in [0, 0.05) is 18.3 Å². The zero-order valence-electron chi connectivity index (χ0n) is 12.0. The van der Waals surface area contributed by atoms with Crippen molar-refractivity contribution in [3.63, 3.8) is 0 Å². The lowest BCUT2D eigenvalue weighted by Crippen LogP contribution is -2.22. The van der Waals surface area contributed by atoms with Crippen molar-refractivity contribution in [3.8, 4) is 0 Å². The fourth-order valence-electron chi connectivity index (χ4n) is 1.85. The average molecular weight is 318 g/mol. The maximum absolute atomic E-state index is 11.9. The van der Waals surface area contributed by atoms with Crippen LogP contribution in [0.1, 0.15) is 6.92 Å². The number of nitrogens with one attached hydrogen (secondary N) is 3. The summed E-state index contributed by atoms with van der Waals surface area (Å²) < 4.78 is 0. The van der Waals surface area contributed by atoms with E-state index >= 15 is 0 Å². The van der Waals surface area contributed by atoms with Gasteiger partial charge < -0.3 is 16.0 Å². The van der Waals surface area contributed by atoms with Gasteiger partial charge in [-0.25, -0.2) is 0 Å². The van der Waals surface area contributed by atoms with Crippen LogP contribution in [-0.4, -0.2) is 18.4 Å². The summed E-state index contributed by atoms with van der Waals surface area (Å²) in [5.41, 5.74) is 1.98. The Morgan fingerprint density at radius 2 is 1.73 bits per heavy atom. The molecule has 5 nitrogen and oxygen atoms in total. The summed E-state index contributed by atoms with van der Waals surface area (Å²) in [6.07, 6.45) is 0. The number of amides is 2. The van der Waals surface area contributed by atoms with E-state index < -0.39 is 0 Å². The predicted molar refractivity (Wildman–Crippen MR) is 89.3 cm³/mol. The monoisotopic (exact) mass is 317 g/mol. The van der Waals surface area contributed by atoms with Gasteiger partial charge in [0.2, 0.25) is 11.8 Å². The van der Waals surface area contributed by atoms with Crippen molar-refractivity contribution in [3.05, 3.63) is 53.6 Å². The van der Waals surface area contributed by atoms with Crippen molar-refractivity contribution in [1.82, 2.24) is 0 Å². The Morgan fingerprint density at radius 3 is 2.45 bits per heavy atom. The maximum atomic E-state index is 11.9. The number of carbonyl (C=O) groups excluding carboxylic acids is 2. The topological polar surface area (TPSA) is 70.2 Å². The standard InChI is InChI=1S/C16H16ClN3O2/c1-11(21)19-13-6-4-5-12(9-13)18-10-16(22)20-15-8-3-2-7-14(15)17/h2-9,18H,10H2,1H3,(H,19,21)(H,20,22). The Balaban J connectivity index is 1.91. The van der Waals surface area contributed by atoms with E-state index in [9.17, 15) is 9.59 Å². The summed E-state index contributed by atoms with van der Waals surface area (Å²) in [6.45, 7) is 1.53. The van der Waals surface area contributed by atoms with E-state index in [4.69, 9.17) is 11.6 Å². The Kier molecular flexibility index (Phi) is 5.38. The molecule has 6 heteroatoms. The summed E-state index contributed by atoms with van der Waals surface area (Å²) in [6, 6.07) is 14.2. The molecule has 22 heavy (non-hydrogen) atoms. The van der Waals surface area contributed by atoms with Crippen LogP contribution in [0.15, 0.2) is 48.5 Å². The number of hydrogen-bond donors (Lipinski definition) is 3. The van der Waals surface area contributed by atoms with E-state index in [1.165, 1.54) is 6.92 Å². The fraction of sp³-hybridized carbons (Fsp3) is 0.125. The van der Waals surface area contributed by atoms with E-state index in [1.54, 1.807) is 42.5 Å². The Morgan fingerprint density at radius 1 is 1.00 bits per heavy atom. The van der Waals surface area contributed by atoms with Gasteiger partial charge in [-0.3, -0.25) is 9.59 Å². The van der Waals surface area contributed by atoms with Gasteiger partial charge in [-0.15, -0.1) is 0 Å². The van der Waals surface area contributed by atoms with Crippen LogP contribution in [0, 0.1) is 0 Å². The molecule has 0 saturated heterocycles. The highest BCUT2D eigenvalue weighted by Gasteiger charge is 2.05. The Bertz CT molecular complexity index is 689. The molecule has 2 aromatic carbocycles. The lowest BCUT2D eigenvalue weighted by molar-refractivity contribution is -0.115. The molecule has 0 atom stereocenters. The summed E-state index contributed by atoms with van der Waals surface area (Å²) in [7, 11) is 0. The maximum Gasteiger partial charge on any atom is 0.243 e. The van der Waals surface area contributed by atoms with Crippen LogP contribution in [0.2, 0.25) is 5.02 Å². The van der Waals surface area contributed by atoms with Crippen molar-refractivity contribution in [2.45, 2.75) is 6.92 Å². The van der Waals surface area contributed by atoms with Crippen molar-refractivity contribution in [1.29, 1.82) is 0 Å². The molecule has 114 valence electrons. The molecule has 0 heterocycles. The van der Waals surface area contributed by atoms with Gasteiger partial charge in [0.25, 0.3) is 0 Å². The minimum Gasteiger partial charge on any atom is -0.376 e. The highest BCUT2D eigenvalue weighted by molar-refractivity contribution is 6.33. The van der Waals surface area contributed by atoms with E-state index in [1.807, 2.05) is 6.07 Å². The number of halogens is 1. The van der Waals surface area contributed by atoms with Gasteiger partial charge in [-0.05, 0) is 30.3 Å². The molecule has 0 aliphatic carbocycles. The molecule has 0 radical (unpaired) electrons. The second-order valence-corrected chi connectivity index (χ2v) is 5.05. The number of hydrogen-bond acceptors (Lipinski definition) is 3. The molecule has 0 bridgehead atoms. The highest BCUT2D eigenvalue weighted by Crippen LogP contribution is 2.20. The van der Waals surface area contributed by atoms with Crippen LogP contribution in [-0.2, 0) is 9.59 Å². The summed E-state index contributed by atoms with van der Waals surface area (Å²) >= 11 is 5.98. The van der Waals surface area contributed by atoms with Gasteiger partial charge in [0.05, 0.1) is 17.3 Å². The third-order valence-electron chi connectivity index (χ3n) is 2.78. The van der Waals surface area contributed by atoms with E-state index in [0.717, 1.165) is 5.69 Å². The molecule has 0 aromatic heterocycles. The summed E-state index contributed by atoms with van der Waals surface area (Å²) in [4.78, 5) is 22.9. The molecule has 2 aromatic rings. The van der Waals surface area contributed by atoms with Crippen LogP contribution in [0.4, 0.5) is 17.1 Å². The molecule has 3 N–H and O–H groups in total. The van der Waals surface area contributed by atoms with Crippen molar-refractivity contribution >= 4 is 40.5 Å². The van der Waals surface area contributed by atoms with Gasteiger partial charge in [0.1, 0.15) is 0 Å². The minimum absolute atomic E-state index is 0.0920. The second kappa shape index (κ2) is 7.47. The van der Waals surface area contributed by atoms with Gasteiger partial charge >= 0.3 is 0 Å². The number of rotatable bonds is 5. The first-order valence-corrected chi connectivity index (χ1v) is 7.08. The van der Waals surface area contributed by atoms with E-state index in [0.29, 0.717) is 16.4 Å². The molecule has 0 saturated carbocycles. The fourth-order valence-corrected chi connectivity index (χ4v) is 2.03. The summed E-state index contributed by atoms with van der Waals surface area (Å²) in [5, 5.41) is 8.89. The first kappa shape index (κ1) is 15.9. The van der Waals surface area contributed by atoms with E-state index in [2.05, 4.69) is 16.0 Å². The number of anilines is 3. The highest BCUT2D eigenvalue weighted by atomic mass is 35.5. The molecule has 2 rings (SSSR count). The van der Waals surface area contributed by atoms with E-state index in [-0.39, 0.29) is 18.4 Å². The largest absolute Gasteiger partial charge is 0.376 e. The molecular formula is C16H16ClN3O2. The average Bonchev–Trinajstić information content (AvgIpc) is 2.47. The van der Waals surface area contributed by atoms with Crippen LogP contribution in [0.5, 0.6) is 0 Å². The predicted octanol–water partition coefficient (Wildman–Crippen LogP) is 3.35. The molecule has 0 spiro atoms. The van der Waals surface area contributed by atoms with Crippen molar-refractivity contribution in [2.24, 2.45) is 0 Å². The van der Waals surface area contributed by atoms with Crippen LogP contribution in [0.25, 0.3) is 0 Å². The number of benzene rings is 2. The minimum atomic E-state index is -0.210. The van der Waals surface area contributed by atoms with Gasteiger partial charge in [-0.1, -0.05) is 29.8 Å². The Hall–Kier alpha value is -2.53. The lowest BCUT2D eigenvalue weighted by atomic mass is 10.2. The molecule has 2 amide bonds. The SMILES string of the molecule is CC(=O)Nc1cccc(NCC(=O)Nc2ccccc2Cl)c1. The molecular weight excluding hydrogens is 302 g/mol. The third-order valence-corrected chi connectivity index (χ3v) is 3.11. The van der Waals surface area contributed by atoms with Gasteiger partial charge in [0.15, 0.2) is 0 Å². The normalized spacial score (nSPS) is 9.91. The lowest BCUT2D eigenvalue weighted by Gasteiger charge is -2.10. The number of para-hydroxylation sites is 1. The smallest absolute Gasteiger partial charge is 0.243 e. The van der Waals surface area contributed by atoms with Crippen LogP contribution >= 0.6 is 11.6 Å². The summed E-state index contributed by atoms with van der Waals surface area (Å²) in [5.74, 6) is -0.355. The van der Waals surface area contributed by atoms with Crippen LogP contribution in [0.3, 0.4) is 0 Å². The molecule has 0 fully saturated rings. The number of carbonyl (C=O) groups is 2. The van der Waals surface area contributed by atoms with Crippen molar-refractivity contribution in [2.75, 3.05) is 22.5 Å². The third kappa shape index (κ3) is 4.79. The quantitative estimate of drug-likeness (QED) is 0.792.